The van der Waals surface area contributed by atoms with Crippen molar-refractivity contribution in [2.75, 3.05) is 6.61 Å². The van der Waals surface area contributed by atoms with Crippen LogP contribution in [0.5, 0.6) is 0 Å². The molecule has 5 nitrogen and oxygen atoms in total. The Balaban J connectivity index is 1.70. The van der Waals surface area contributed by atoms with Crippen LogP contribution in [0.4, 0.5) is 0 Å². The van der Waals surface area contributed by atoms with Crippen molar-refractivity contribution >= 4 is 23.0 Å². The van der Waals surface area contributed by atoms with Crippen molar-refractivity contribution in [3.8, 4) is 0 Å². The summed E-state index contributed by atoms with van der Waals surface area (Å²) >= 11 is 0. The fourth-order valence-electron chi connectivity index (χ4n) is 2.57. The van der Waals surface area contributed by atoms with Gasteiger partial charge in [-0.15, -0.1) is 0 Å². The van der Waals surface area contributed by atoms with Crippen molar-refractivity contribution in [2.24, 2.45) is 0 Å². The zero-order chi connectivity index (χ0) is 17.5. The van der Waals surface area contributed by atoms with Crippen LogP contribution in [0.1, 0.15) is 23.7 Å². The van der Waals surface area contributed by atoms with Crippen molar-refractivity contribution in [1.29, 1.82) is 0 Å². The molecule has 0 bridgehead atoms. The number of hydrogen-bond donors (Lipinski definition) is 2. The van der Waals surface area contributed by atoms with Gasteiger partial charge in [-0.25, -0.2) is 4.98 Å². The van der Waals surface area contributed by atoms with Gasteiger partial charge in [0.25, 0.3) is 0 Å². The van der Waals surface area contributed by atoms with Crippen LogP contribution in [0.25, 0.3) is 17.1 Å². The van der Waals surface area contributed by atoms with Crippen LogP contribution >= 0.6 is 0 Å². The molecule has 126 valence electrons. The maximum Gasteiger partial charge on any atom is 0.244 e. The summed E-state index contributed by atoms with van der Waals surface area (Å²) < 4.78 is 0. The van der Waals surface area contributed by atoms with E-state index in [0.29, 0.717) is 12.1 Å². The Hall–Kier alpha value is -3.05. The molecule has 0 aliphatic rings. The predicted octanol–water partition coefficient (Wildman–Crippen LogP) is 2.88. The Morgan fingerprint density at radius 2 is 1.80 bits per heavy atom. The van der Waals surface area contributed by atoms with Gasteiger partial charge in [0.1, 0.15) is 0 Å². The largest absolute Gasteiger partial charge is 0.396 e. The minimum absolute atomic E-state index is 0.000292. The third kappa shape index (κ3) is 4.49. The number of hydrogen-bond acceptors (Lipinski definition) is 4. The Morgan fingerprint density at radius 1 is 1.08 bits per heavy atom. The van der Waals surface area contributed by atoms with Crippen molar-refractivity contribution in [3.05, 3.63) is 78.1 Å². The topological polar surface area (TPSA) is 75.1 Å². The van der Waals surface area contributed by atoms with Gasteiger partial charge in [0.15, 0.2) is 0 Å². The smallest absolute Gasteiger partial charge is 0.244 e. The number of aliphatic hydroxyl groups is 1. The van der Waals surface area contributed by atoms with E-state index in [-0.39, 0.29) is 18.6 Å². The molecular weight excluding hydrogens is 314 g/mol. The summed E-state index contributed by atoms with van der Waals surface area (Å²) in [5.41, 5.74) is 3.18. The molecule has 3 aromatic rings. The third-order valence-corrected chi connectivity index (χ3v) is 3.81. The lowest BCUT2D eigenvalue weighted by atomic mass is 10.0. The van der Waals surface area contributed by atoms with E-state index in [2.05, 4.69) is 15.3 Å². The number of nitrogens with one attached hydrogen (secondary N) is 1. The highest BCUT2D eigenvalue weighted by atomic mass is 16.3. The second-order valence-electron chi connectivity index (χ2n) is 5.60. The van der Waals surface area contributed by atoms with Gasteiger partial charge in [-0.05, 0) is 30.2 Å². The van der Waals surface area contributed by atoms with Gasteiger partial charge < -0.3 is 10.4 Å². The molecule has 2 N–H and O–H groups in total. The highest BCUT2D eigenvalue weighted by molar-refractivity contribution is 5.92. The zero-order valence-electron chi connectivity index (χ0n) is 13.7. The van der Waals surface area contributed by atoms with E-state index in [1.54, 1.807) is 12.3 Å². The molecule has 5 heteroatoms. The Morgan fingerprint density at radius 3 is 2.56 bits per heavy atom. The van der Waals surface area contributed by atoms with E-state index in [9.17, 15) is 9.90 Å². The third-order valence-electron chi connectivity index (χ3n) is 3.81. The average molecular weight is 333 g/mol. The summed E-state index contributed by atoms with van der Waals surface area (Å²) in [5, 5.41) is 12.1. The van der Waals surface area contributed by atoms with E-state index in [4.69, 9.17) is 0 Å². The van der Waals surface area contributed by atoms with Crippen LogP contribution in [0.15, 0.2) is 66.9 Å². The molecule has 3 rings (SSSR count). The molecule has 0 saturated carbocycles. The number of nitrogens with zero attached hydrogens (tertiary/aromatic N) is 2. The fraction of sp³-hybridized carbons (Fsp3) is 0.150. The van der Waals surface area contributed by atoms with E-state index in [0.717, 1.165) is 16.6 Å². The highest BCUT2D eigenvalue weighted by Gasteiger charge is 2.12. The second-order valence-corrected chi connectivity index (χ2v) is 5.60. The molecule has 0 saturated heterocycles. The number of rotatable bonds is 6. The number of aliphatic hydroxyl groups excluding tert-OH is 1. The monoisotopic (exact) mass is 333 g/mol. The van der Waals surface area contributed by atoms with Crippen LogP contribution in [-0.2, 0) is 4.79 Å². The molecule has 0 aliphatic heterocycles. The molecular formula is C20H19N3O2. The summed E-state index contributed by atoms with van der Waals surface area (Å²) in [5.74, 6) is -0.239. The van der Waals surface area contributed by atoms with E-state index in [1.807, 2.05) is 54.6 Å². The maximum absolute atomic E-state index is 12.2. The summed E-state index contributed by atoms with van der Waals surface area (Å²) in [6.45, 7) is -0.000292. The van der Waals surface area contributed by atoms with Gasteiger partial charge in [0, 0.05) is 12.7 Å². The van der Waals surface area contributed by atoms with Crippen LogP contribution in [-0.4, -0.2) is 27.6 Å². The van der Waals surface area contributed by atoms with Gasteiger partial charge in [-0.3, -0.25) is 9.78 Å². The summed E-state index contributed by atoms with van der Waals surface area (Å²) in [6, 6.07) is 16.9. The number of carbonyl (C=O) groups excluding carboxylic acids is 1. The first-order chi connectivity index (χ1) is 12.3. The van der Waals surface area contributed by atoms with Crippen LogP contribution in [0.3, 0.4) is 0 Å². The summed E-state index contributed by atoms with van der Waals surface area (Å²) in [7, 11) is 0. The van der Waals surface area contributed by atoms with Crippen molar-refractivity contribution in [2.45, 2.75) is 12.5 Å². The number of amides is 1. The first-order valence-electron chi connectivity index (χ1n) is 8.12. The summed E-state index contributed by atoms with van der Waals surface area (Å²) in [6.07, 6.45) is 5.16. The van der Waals surface area contributed by atoms with Gasteiger partial charge in [-0.2, -0.15) is 0 Å². The normalized spacial score (nSPS) is 12.4. The molecule has 1 atom stereocenters. The molecule has 2 aromatic carbocycles. The average Bonchev–Trinajstić information content (AvgIpc) is 2.66. The highest BCUT2D eigenvalue weighted by Crippen LogP contribution is 2.16. The molecule has 25 heavy (non-hydrogen) atoms. The minimum atomic E-state index is -0.239. The Bertz CT molecular complexity index is 878. The number of aromatic nitrogens is 2. The Labute approximate surface area is 146 Å². The standard InChI is InChI=1S/C20H19N3O2/c24-13-12-17(15-6-2-1-3-7-15)23-20(25)11-10-16-14-21-18-8-4-5-9-19(18)22-16/h1-11,14,17,24H,12-13H2,(H,23,25)/b11-10+. The van der Waals surface area contributed by atoms with Crippen molar-refractivity contribution in [3.63, 3.8) is 0 Å². The lowest BCUT2D eigenvalue weighted by molar-refractivity contribution is -0.117. The molecule has 1 aromatic heterocycles. The first kappa shape index (κ1) is 16.8. The maximum atomic E-state index is 12.2. The second kappa shape index (κ2) is 8.17. The quantitative estimate of drug-likeness (QED) is 0.680. The molecule has 0 fully saturated rings. The van der Waals surface area contributed by atoms with Gasteiger partial charge in [0.2, 0.25) is 5.91 Å². The van der Waals surface area contributed by atoms with E-state index < -0.39 is 0 Å². The van der Waals surface area contributed by atoms with E-state index in [1.165, 1.54) is 6.08 Å². The zero-order valence-corrected chi connectivity index (χ0v) is 13.7. The molecule has 0 spiro atoms. The molecule has 1 unspecified atom stereocenters. The van der Waals surface area contributed by atoms with Crippen LogP contribution in [0.2, 0.25) is 0 Å². The number of carbonyl (C=O) groups is 1. The molecule has 1 heterocycles. The number of benzene rings is 2. The first-order valence-corrected chi connectivity index (χ1v) is 8.12. The van der Waals surface area contributed by atoms with Crippen LogP contribution in [0, 0.1) is 0 Å². The molecule has 1 amide bonds. The van der Waals surface area contributed by atoms with Gasteiger partial charge in [-0.1, -0.05) is 42.5 Å². The summed E-state index contributed by atoms with van der Waals surface area (Å²) in [4.78, 5) is 21.0. The SMILES string of the molecule is O=C(/C=C/c1cnc2ccccc2n1)NC(CCO)c1ccccc1. The fourth-order valence-corrected chi connectivity index (χ4v) is 2.57. The lowest BCUT2D eigenvalue weighted by Gasteiger charge is -2.17. The van der Waals surface area contributed by atoms with Crippen LogP contribution < -0.4 is 5.32 Å². The Kier molecular flexibility index (Phi) is 5.49. The van der Waals surface area contributed by atoms with Crippen molar-refractivity contribution in [1.82, 2.24) is 15.3 Å². The lowest BCUT2D eigenvalue weighted by Crippen LogP contribution is -2.27. The molecule has 0 radical (unpaired) electrons. The van der Waals surface area contributed by atoms with Crippen molar-refractivity contribution < 1.29 is 9.90 Å². The predicted molar refractivity (Wildman–Crippen MR) is 97.6 cm³/mol. The number of para-hydroxylation sites is 2. The van der Waals surface area contributed by atoms with Gasteiger partial charge >= 0.3 is 0 Å². The molecule has 0 aliphatic carbocycles. The van der Waals surface area contributed by atoms with E-state index >= 15 is 0 Å². The number of fused-ring (bicyclic) bond motifs is 1. The minimum Gasteiger partial charge on any atom is -0.396 e. The van der Waals surface area contributed by atoms with Gasteiger partial charge in [0.05, 0.1) is 29.0 Å².